The first kappa shape index (κ1) is 14.9. The Bertz CT molecular complexity index is 628. The molecule has 0 amide bonds. The normalized spacial score (nSPS) is 18.2. The maximum absolute atomic E-state index is 4.76. The van der Waals surface area contributed by atoms with Gasteiger partial charge in [-0.3, -0.25) is 4.98 Å². The highest BCUT2D eigenvalue weighted by Gasteiger charge is 2.26. The summed E-state index contributed by atoms with van der Waals surface area (Å²) < 4.78 is 0. The van der Waals surface area contributed by atoms with E-state index in [0.29, 0.717) is 6.04 Å². The Morgan fingerprint density at radius 3 is 2.95 bits per heavy atom. The van der Waals surface area contributed by atoms with E-state index in [0.717, 1.165) is 42.5 Å². The Labute approximate surface area is 132 Å². The van der Waals surface area contributed by atoms with Crippen molar-refractivity contribution >= 4 is 5.82 Å². The molecule has 5 heteroatoms. The summed E-state index contributed by atoms with van der Waals surface area (Å²) in [6.45, 7) is 7.40. The van der Waals surface area contributed by atoms with Crippen LogP contribution in [0, 0.1) is 6.92 Å². The van der Waals surface area contributed by atoms with Crippen LogP contribution in [0.25, 0.3) is 11.4 Å². The average Bonchev–Trinajstić information content (AvgIpc) is 3.04. The van der Waals surface area contributed by atoms with Gasteiger partial charge in [0.1, 0.15) is 5.82 Å². The first-order chi connectivity index (χ1) is 10.7. The lowest BCUT2D eigenvalue weighted by molar-refractivity contribution is 0.272. The summed E-state index contributed by atoms with van der Waals surface area (Å²) >= 11 is 0. The fourth-order valence-electron chi connectivity index (χ4n) is 2.91. The molecule has 1 fully saturated rings. The Morgan fingerprint density at radius 1 is 1.36 bits per heavy atom. The van der Waals surface area contributed by atoms with Crippen molar-refractivity contribution in [3.05, 3.63) is 36.3 Å². The number of pyridine rings is 1. The summed E-state index contributed by atoms with van der Waals surface area (Å²) in [6, 6.07) is 6.61. The highest BCUT2D eigenvalue weighted by atomic mass is 15.3. The molecule has 0 aliphatic carbocycles. The molecule has 1 unspecified atom stereocenters. The van der Waals surface area contributed by atoms with Gasteiger partial charge in [0.2, 0.25) is 0 Å². The molecule has 116 valence electrons. The molecule has 0 N–H and O–H groups in total. The number of anilines is 1. The van der Waals surface area contributed by atoms with Crippen molar-refractivity contribution in [1.29, 1.82) is 0 Å². The number of aryl methyl sites for hydroxylation is 1. The van der Waals surface area contributed by atoms with Crippen LogP contribution in [-0.4, -0.2) is 52.6 Å². The molecule has 0 radical (unpaired) electrons. The zero-order valence-corrected chi connectivity index (χ0v) is 13.5. The van der Waals surface area contributed by atoms with Gasteiger partial charge in [-0.15, -0.1) is 0 Å². The van der Waals surface area contributed by atoms with Crippen LogP contribution in [0.15, 0.2) is 30.6 Å². The lowest BCUT2D eigenvalue weighted by Gasteiger charge is -2.23. The van der Waals surface area contributed by atoms with Crippen molar-refractivity contribution in [3.63, 3.8) is 0 Å². The van der Waals surface area contributed by atoms with Crippen molar-refractivity contribution in [2.45, 2.75) is 26.3 Å². The second-order valence-corrected chi connectivity index (χ2v) is 5.89. The Balaban J connectivity index is 1.85. The third-order valence-corrected chi connectivity index (χ3v) is 4.37. The largest absolute Gasteiger partial charge is 0.355 e. The molecule has 2 aromatic heterocycles. The van der Waals surface area contributed by atoms with Crippen molar-refractivity contribution in [2.75, 3.05) is 31.6 Å². The van der Waals surface area contributed by atoms with Gasteiger partial charge in [-0.2, -0.15) is 0 Å². The number of likely N-dealkylation sites (N-methyl/N-ethyl adjacent to an activating group) is 1. The van der Waals surface area contributed by atoms with E-state index in [1.165, 1.54) is 6.42 Å². The van der Waals surface area contributed by atoms with Gasteiger partial charge in [0.15, 0.2) is 5.82 Å². The fraction of sp³-hybridized carbons (Fsp3) is 0.471. The summed E-state index contributed by atoms with van der Waals surface area (Å²) in [5, 5.41) is 0. The maximum atomic E-state index is 4.76. The van der Waals surface area contributed by atoms with Crippen LogP contribution in [0.1, 0.15) is 19.0 Å². The average molecular weight is 297 g/mol. The van der Waals surface area contributed by atoms with E-state index in [-0.39, 0.29) is 0 Å². The predicted molar refractivity (Wildman–Crippen MR) is 88.9 cm³/mol. The first-order valence-electron chi connectivity index (χ1n) is 7.88. The van der Waals surface area contributed by atoms with E-state index in [1.807, 2.05) is 25.3 Å². The van der Waals surface area contributed by atoms with Crippen LogP contribution in [0.2, 0.25) is 0 Å². The Kier molecular flexibility index (Phi) is 4.34. The summed E-state index contributed by atoms with van der Waals surface area (Å²) in [7, 11) is 2.19. The number of hydrogen-bond acceptors (Lipinski definition) is 5. The van der Waals surface area contributed by atoms with Gasteiger partial charge in [-0.1, -0.05) is 6.92 Å². The van der Waals surface area contributed by atoms with E-state index < -0.39 is 0 Å². The minimum absolute atomic E-state index is 0.613. The van der Waals surface area contributed by atoms with Gasteiger partial charge in [0.25, 0.3) is 0 Å². The smallest absolute Gasteiger partial charge is 0.163 e. The van der Waals surface area contributed by atoms with Gasteiger partial charge in [-0.05, 0) is 39.1 Å². The zero-order chi connectivity index (χ0) is 15.5. The van der Waals surface area contributed by atoms with Gasteiger partial charge < -0.3 is 9.80 Å². The topological polar surface area (TPSA) is 45.2 Å². The molecule has 0 saturated carbocycles. The number of nitrogens with zero attached hydrogens (tertiary/aromatic N) is 5. The molecule has 2 aromatic rings. The monoisotopic (exact) mass is 297 g/mol. The van der Waals surface area contributed by atoms with Crippen molar-refractivity contribution in [3.8, 4) is 11.4 Å². The van der Waals surface area contributed by atoms with Crippen LogP contribution < -0.4 is 4.90 Å². The fourth-order valence-corrected chi connectivity index (χ4v) is 2.91. The van der Waals surface area contributed by atoms with Crippen LogP contribution in [-0.2, 0) is 0 Å². The third-order valence-electron chi connectivity index (χ3n) is 4.37. The third kappa shape index (κ3) is 3.09. The summed E-state index contributed by atoms with van der Waals surface area (Å²) in [5.74, 6) is 1.79. The second kappa shape index (κ2) is 6.40. The number of hydrogen-bond donors (Lipinski definition) is 0. The predicted octanol–water partition coefficient (Wildman–Crippen LogP) is 2.38. The quantitative estimate of drug-likeness (QED) is 0.867. The van der Waals surface area contributed by atoms with Crippen molar-refractivity contribution in [2.24, 2.45) is 0 Å². The SMILES string of the molecule is CCN(C)C1CCN(c2cc(C)nc(-c3cccnc3)n2)C1. The molecule has 1 atom stereocenters. The molecule has 0 bridgehead atoms. The molecule has 1 aliphatic heterocycles. The molecule has 5 nitrogen and oxygen atoms in total. The lowest BCUT2D eigenvalue weighted by atomic mass is 10.2. The second-order valence-electron chi connectivity index (χ2n) is 5.89. The minimum Gasteiger partial charge on any atom is -0.355 e. The van der Waals surface area contributed by atoms with Crippen LogP contribution in [0.5, 0.6) is 0 Å². The van der Waals surface area contributed by atoms with Crippen molar-refractivity contribution < 1.29 is 0 Å². The summed E-state index contributed by atoms with van der Waals surface area (Å²) in [4.78, 5) is 18.3. The minimum atomic E-state index is 0.613. The number of aromatic nitrogens is 3. The lowest BCUT2D eigenvalue weighted by Crippen LogP contribution is -2.34. The highest BCUT2D eigenvalue weighted by molar-refractivity contribution is 5.57. The molecule has 3 rings (SSSR count). The van der Waals surface area contributed by atoms with E-state index in [1.54, 1.807) is 6.20 Å². The number of rotatable bonds is 4. The van der Waals surface area contributed by atoms with Crippen molar-refractivity contribution in [1.82, 2.24) is 19.9 Å². The molecular weight excluding hydrogens is 274 g/mol. The van der Waals surface area contributed by atoms with Crippen LogP contribution in [0.3, 0.4) is 0 Å². The zero-order valence-electron chi connectivity index (χ0n) is 13.5. The standard InChI is InChI=1S/C17H23N5/c1-4-21(3)15-7-9-22(12-15)16-10-13(2)19-17(20-16)14-6-5-8-18-11-14/h5-6,8,10-11,15H,4,7,9,12H2,1-3H3. The molecule has 22 heavy (non-hydrogen) atoms. The molecule has 1 aliphatic rings. The van der Waals surface area contributed by atoms with E-state index in [9.17, 15) is 0 Å². The maximum Gasteiger partial charge on any atom is 0.163 e. The van der Waals surface area contributed by atoms with Crippen LogP contribution >= 0.6 is 0 Å². The van der Waals surface area contributed by atoms with Crippen LogP contribution in [0.4, 0.5) is 5.82 Å². The highest BCUT2D eigenvalue weighted by Crippen LogP contribution is 2.24. The van der Waals surface area contributed by atoms with Gasteiger partial charge >= 0.3 is 0 Å². The van der Waals surface area contributed by atoms with Gasteiger partial charge in [0.05, 0.1) is 0 Å². The van der Waals surface area contributed by atoms with Gasteiger partial charge in [-0.25, -0.2) is 9.97 Å². The molecule has 1 saturated heterocycles. The first-order valence-corrected chi connectivity index (χ1v) is 7.88. The van der Waals surface area contributed by atoms with E-state index in [2.05, 4.69) is 39.8 Å². The Morgan fingerprint density at radius 2 is 2.23 bits per heavy atom. The molecule has 0 aromatic carbocycles. The van der Waals surface area contributed by atoms with Gasteiger partial charge in [0, 0.05) is 48.8 Å². The molecule has 3 heterocycles. The summed E-state index contributed by atoms with van der Waals surface area (Å²) in [6.07, 6.45) is 4.78. The van der Waals surface area contributed by atoms with E-state index in [4.69, 9.17) is 4.98 Å². The Hall–Kier alpha value is -2.01. The molecule has 0 spiro atoms. The molecular formula is C17H23N5. The summed E-state index contributed by atoms with van der Waals surface area (Å²) in [5.41, 5.74) is 1.96. The van der Waals surface area contributed by atoms with E-state index >= 15 is 0 Å².